The van der Waals surface area contributed by atoms with E-state index >= 15 is 0 Å². The molecule has 1 atom stereocenters. The van der Waals surface area contributed by atoms with Gasteiger partial charge in [-0.15, -0.1) is 11.6 Å². The SMILES string of the molecule is CCN(CC)CC(C)C1(Cl)CCCCC1. The van der Waals surface area contributed by atoms with Crippen molar-refractivity contribution in [2.75, 3.05) is 19.6 Å². The van der Waals surface area contributed by atoms with Gasteiger partial charge in [0.2, 0.25) is 0 Å². The highest BCUT2D eigenvalue weighted by Crippen LogP contribution is 2.40. The number of nitrogens with zero attached hydrogens (tertiary/aromatic N) is 1. The van der Waals surface area contributed by atoms with Crippen LogP contribution in [0.2, 0.25) is 0 Å². The van der Waals surface area contributed by atoms with E-state index in [-0.39, 0.29) is 4.87 Å². The van der Waals surface area contributed by atoms with Gasteiger partial charge in [-0.2, -0.15) is 0 Å². The van der Waals surface area contributed by atoms with E-state index in [9.17, 15) is 0 Å². The van der Waals surface area contributed by atoms with Gasteiger partial charge < -0.3 is 4.90 Å². The third-order valence-electron chi connectivity index (χ3n) is 3.99. The van der Waals surface area contributed by atoms with E-state index < -0.39 is 0 Å². The molecule has 1 rings (SSSR count). The van der Waals surface area contributed by atoms with Crippen LogP contribution in [0, 0.1) is 5.92 Å². The van der Waals surface area contributed by atoms with Crippen LogP contribution >= 0.6 is 11.6 Å². The fraction of sp³-hybridized carbons (Fsp3) is 1.00. The summed E-state index contributed by atoms with van der Waals surface area (Å²) in [6, 6.07) is 0. The molecule has 0 saturated heterocycles. The van der Waals surface area contributed by atoms with Crippen LogP contribution in [-0.4, -0.2) is 29.4 Å². The summed E-state index contributed by atoms with van der Waals surface area (Å²) < 4.78 is 0. The molecular formula is C13H26ClN. The normalized spacial score (nSPS) is 23.0. The molecule has 90 valence electrons. The topological polar surface area (TPSA) is 3.24 Å². The van der Waals surface area contributed by atoms with Crippen molar-refractivity contribution in [1.82, 2.24) is 4.90 Å². The molecule has 0 aromatic carbocycles. The molecule has 0 spiro atoms. The monoisotopic (exact) mass is 231 g/mol. The zero-order valence-corrected chi connectivity index (χ0v) is 11.3. The van der Waals surface area contributed by atoms with Gasteiger partial charge in [0, 0.05) is 11.4 Å². The summed E-state index contributed by atoms with van der Waals surface area (Å²) in [5.74, 6) is 0.624. The first-order chi connectivity index (χ1) is 7.12. The van der Waals surface area contributed by atoms with Gasteiger partial charge in [-0.25, -0.2) is 0 Å². The molecule has 1 aliphatic rings. The van der Waals surface area contributed by atoms with E-state index in [0.29, 0.717) is 5.92 Å². The van der Waals surface area contributed by atoms with Gasteiger partial charge in [-0.3, -0.25) is 0 Å². The standard InChI is InChI=1S/C13H26ClN/c1-4-15(5-2)11-12(3)13(14)9-7-6-8-10-13/h12H,4-11H2,1-3H3. The van der Waals surface area contributed by atoms with Gasteiger partial charge in [0.05, 0.1) is 0 Å². The van der Waals surface area contributed by atoms with Crippen LogP contribution in [0.5, 0.6) is 0 Å². The predicted molar refractivity (Wildman–Crippen MR) is 68.6 cm³/mol. The van der Waals surface area contributed by atoms with Crippen molar-refractivity contribution in [3.8, 4) is 0 Å². The van der Waals surface area contributed by atoms with E-state index in [1.54, 1.807) is 0 Å². The minimum absolute atomic E-state index is 0.0981. The maximum atomic E-state index is 6.76. The molecule has 0 aliphatic heterocycles. The maximum absolute atomic E-state index is 6.76. The first-order valence-electron chi connectivity index (χ1n) is 6.53. The number of alkyl halides is 1. The molecule has 1 unspecified atom stereocenters. The quantitative estimate of drug-likeness (QED) is 0.649. The molecule has 0 heterocycles. The highest BCUT2D eigenvalue weighted by Gasteiger charge is 2.35. The lowest BCUT2D eigenvalue weighted by Gasteiger charge is -2.38. The smallest absolute Gasteiger partial charge is 0.0484 e. The summed E-state index contributed by atoms with van der Waals surface area (Å²) in [5.41, 5.74) is 0. The van der Waals surface area contributed by atoms with Crippen LogP contribution < -0.4 is 0 Å². The van der Waals surface area contributed by atoms with E-state index in [1.165, 1.54) is 32.1 Å². The Bertz CT molecular complexity index is 171. The molecule has 0 N–H and O–H groups in total. The lowest BCUT2D eigenvalue weighted by atomic mass is 9.79. The van der Waals surface area contributed by atoms with Gasteiger partial charge in [-0.1, -0.05) is 40.0 Å². The summed E-state index contributed by atoms with van der Waals surface area (Å²) in [5, 5.41) is 0. The van der Waals surface area contributed by atoms with Gasteiger partial charge in [0.1, 0.15) is 0 Å². The Hall–Kier alpha value is 0.250. The van der Waals surface area contributed by atoms with Gasteiger partial charge in [0.25, 0.3) is 0 Å². The molecule has 2 heteroatoms. The van der Waals surface area contributed by atoms with Crippen molar-refractivity contribution in [2.24, 2.45) is 5.92 Å². The molecule has 15 heavy (non-hydrogen) atoms. The van der Waals surface area contributed by atoms with Crippen LogP contribution in [0.3, 0.4) is 0 Å². The summed E-state index contributed by atoms with van der Waals surface area (Å²) in [4.78, 5) is 2.59. The number of rotatable bonds is 5. The zero-order chi connectivity index (χ0) is 11.3. The highest BCUT2D eigenvalue weighted by molar-refractivity contribution is 6.24. The largest absolute Gasteiger partial charge is 0.304 e. The Morgan fingerprint density at radius 2 is 1.67 bits per heavy atom. The molecule has 1 saturated carbocycles. The van der Waals surface area contributed by atoms with Crippen LogP contribution in [0.1, 0.15) is 52.9 Å². The number of hydrogen-bond acceptors (Lipinski definition) is 1. The minimum atomic E-state index is 0.0981. The summed E-state index contributed by atoms with van der Waals surface area (Å²) in [7, 11) is 0. The average Bonchev–Trinajstić information content (AvgIpc) is 2.26. The zero-order valence-electron chi connectivity index (χ0n) is 10.6. The van der Waals surface area contributed by atoms with Crippen LogP contribution in [-0.2, 0) is 0 Å². The fourth-order valence-corrected chi connectivity index (χ4v) is 3.00. The van der Waals surface area contributed by atoms with E-state index in [0.717, 1.165) is 19.6 Å². The van der Waals surface area contributed by atoms with Gasteiger partial charge in [0.15, 0.2) is 0 Å². The maximum Gasteiger partial charge on any atom is 0.0484 e. The second-order valence-electron chi connectivity index (χ2n) is 4.98. The van der Waals surface area contributed by atoms with Crippen LogP contribution in [0.15, 0.2) is 0 Å². The molecule has 1 nitrogen and oxygen atoms in total. The lowest BCUT2D eigenvalue weighted by Crippen LogP contribution is -2.40. The Morgan fingerprint density at radius 1 is 1.13 bits per heavy atom. The number of hydrogen-bond donors (Lipinski definition) is 0. The van der Waals surface area contributed by atoms with Crippen molar-refractivity contribution in [3.63, 3.8) is 0 Å². The summed E-state index contributed by atoms with van der Waals surface area (Å²) >= 11 is 6.76. The predicted octanol–water partition coefficient (Wildman–Crippen LogP) is 3.91. The lowest BCUT2D eigenvalue weighted by molar-refractivity contribution is 0.201. The Kier molecular flexibility index (Phi) is 5.42. The number of halogens is 1. The Labute approximate surface area is 100 Å². The highest BCUT2D eigenvalue weighted by atomic mass is 35.5. The van der Waals surface area contributed by atoms with Crippen LogP contribution in [0.4, 0.5) is 0 Å². The molecule has 0 amide bonds. The molecule has 0 radical (unpaired) electrons. The van der Waals surface area contributed by atoms with Crippen molar-refractivity contribution in [3.05, 3.63) is 0 Å². The summed E-state index contributed by atoms with van der Waals surface area (Å²) in [6.07, 6.45) is 6.47. The molecular weight excluding hydrogens is 206 g/mol. The van der Waals surface area contributed by atoms with Crippen molar-refractivity contribution in [2.45, 2.75) is 57.7 Å². The third kappa shape index (κ3) is 3.64. The van der Waals surface area contributed by atoms with Gasteiger partial charge in [-0.05, 0) is 31.8 Å². The molecule has 0 bridgehead atoms. The van der Waals surface area contributed by atoms with E-state index in [1.807, 2.05) is 0 Å². The Balaban J connectivity index is 2.46. The first kappa shape index (κ1) is 13.3. The van der Waals surface area contributed by atoms with E-state index in [2.05, 4.69) is 25.7 Å². The average molecular weight is 232 g/mol. The minimum Gasteiger partial charge on any atom is -0.304 e. The second kappa shape index (κ2) is 6.10. The second-order valence-corrected chi connectivity index (χ2v) is 5.73. The van der Waals surface area contributed by atoms with Crippen molar-refractivity contribution < 1.29 is 0 Å². The first-order valence-corrected chi connectivity index (χ1v) is 6.91. The molecule has 0 aromatic rings. The summed E-state index contributed by atoms with van der Waals surface area (Å²) in [6.45, 7) is 10.3. The molecule has 1 aliphatic carbocycles. The van der Waals surface area contributed by atoms with Crippen molar-refractivity contribution >= 4 is 11.6 Å². The molecule has 0 aromatic heterocycles. The molecule has 1 fully saturated rings. The van der Waals surface area contributed by atoms with Gasteiger partial charge >= 0.3 is 0 Å². The fourth-order valence-electron chi connectivity index (χ4n) is 2.67. The van der Waals surface area contributed by atoms with Crippen LogP contribution in [0.25, 0.3) is 0 Å². The third-order valence-corrected chi connectivity index (χ3v) is 4.74. The van der Waals surface area contributed by atoms with Crippen molar-refractivity contribution in [1.29, 1.82) is 0 Å². The van der Waals surface area contributed by atoms with E-state index in [4.69, 9.17) is 11.6 Å². The Morgan fingerprint density at radius 3 is 2.13 bits per heavy atom.